The van der Waals surface area contributed by atoms with E-state index in [0.717, 1.165) is 29.7 Å². The molecule has 0 aliphatic carbocycles. The van der Waals surface area contributed by atoms with Crippen molar-refractivity contribution in [3.05, 3.63) is 41.8 Å². The highest BCUT2D eigenvalue weighted by molar-refractivity contribution is 7.91. The Kier molecular flexibility index (Phi) is 4.26. The lowest BCUT2D eigenvalue weighted by Crippen LogP contribution is -2.19. The molecule has 3 aromatic heterocycles. The van der Waals surface area contributed by atoms with Crippen LogP contribution < -0.4 is 5.32 Å². The van der Waals surface area contributed by atoms with E-state index in [2.05, 4.69) is 20.6 Å². The van der Waals surface area contributed by atoms with Crippen LogP contribution in [0.25, 0.3) is 15.9 Å². The average molecular weight is 416 g/mol. The molecule has 1 atom stereocenters. The van der Waals surface area contributed by atoms with Crippen molar-refractivity contribution in [2.24, 2.45) is 0 Å². The molecule has 1 saturated heterocycles. The fourth-order valence-corrected chi connectivity index (χ4v) is 5.44. The monoisotopic (exact) mass is 415 g/mol. The molecule has 5 rings (SSSR count). The van der Waals surface area contributed by atoms with Crippen molar-refractivity contribution in [2.45, 2.75) is 28.9 Å². The predicted octanol–water partition coefficient (Wildman–Crippen LogP) is 2.76. The second kappa shape index (κ2) is 6.80. The van der Waals surface area contributed by atoms with Gasteiger partial charge in [-0.15, -0.1) is 16.4 Å². The Morgan fingerprint density at radius 2 is 2.11 bits per heavy atom. The summed E-state index contributed by atoms with van der Waals surface area (Å²) in [5, 5.41) is 13.1. The van der Waals surface area contributed by atoms with Gasteiger partial charge in [0.1, 0.15) is 5.82 Å². The zero-order valence-corrected chi connectivity index (χ0v) is 16.4. The summed E-state index contributed by atoms with van der Waals surface area (Å²) in [6.45, 7) is 1.40. The summed E-state index contributed by atoms with van der Waals surface area (Å²) in [5.74, 6) is 0.625. The lowest BCUT2D eigenvalue weighted by molar-refractivity contribution is 0.120. The molecule has 4 aromatic rings. The Labute approximate surface area is 165 Å². The molecule has 144 valence electrons. The van der Waals surface area contributed by atoms with E-state index in [9.17, 15) is 8.42 Å². The van der Waals surface area contributed by atoms with Crippen LogP contribution in [0.2, 0.25) is 0 Å². The Balaban J connectivity index is 1.63. The quantitative estimate of drug-likeness (QED) is 0.535. The number of aromatic nitrogens is 4. The van der Waals surface area contributed by atoms with E-state index < -0.39 is 9.84 Å². The normalized spacial score (nSPS) is 17.5. The van der Waals surface area contributed by atoms with Crippen molar-refractivity contribution in [2.75, 3.05) is 18.5 Å². The number of ether oxygens (including phenoxy) is 1. The van der Waals surface area contributed by atoms with E-state index in [1.807, 2.05) is 11.4 Å². The van der Waals surface area contributed by atoms with Gasteiger partial charge in [-0.3, -0.25) is 0 Å². The van der Waals surface area contributed by atoms with Gasteiger partial charge in [-0.2, -0.15) is 4.52 Å². The van der Waals surface area contributed by atoms with Crippen molar-refractivity contribution < 1.29 is 13.2 Å². The molecule has 0 amide bonds. The van der Waals surface area contributed by atoms with Crippen LogP contribution in [0.15, 0.2) is 51.7 Å². The predicted molar refractivity (Wildman–Crippen MR) is 106 cm³/mol. The van der Waals surface area contributed by atoms with Crippen LogP contribution in [0.3, 0.4) is 0 Å². The van der Waals surface area contributed by atoms with Gasteiger partial charge in [-0.1, -0.05) is 23.4 Å². The minimum Gasteiger partial charge on any atom is -0.376 e. The molecular weight excluding hydrogens is 398 g/mol. The Hall–Kier alpha value is -2.56. The summed E-state index contributed by atoms with van der Waals surface area (Å²) in [6, 6.07) is 10.1. The smallest absolute Gasteiger partial charge is 0.229 e. The number of hydrogen-bond donors (Lipinski definition) is 1. The van der Waals surface area contributed by atoms with Crippen molar-refractivity contribution in [3.8, 4) is 0 Å². The summed E-state index contributed by atoms with van der Waals surface area (Å²) in [6.07, 6.45) is 2.20. The van der Waals surface area contributed by atoms with Crippen LogP contribution in [-0.4, -0.2) is 47.5 Å². The molecular formula is C18H17N5O3S2. The van der Waals surface area contributed by atoms with Gasteiger partial charge in [-0.25, -0.2) is 13.4 Å². The molecule has 1 aliphatic rings. The molecule has 0 saturated carbocycles. The van der Waals surface area contributed by atoms with Crippen molar-refractivity contribution in [1.82, 2.24) is 19.8 Å². The number of anilines is 1. The molecule has 8 nitrogen and oxygen atoms in total. The van der Waals surface area contributed by atoms with E-state index in [-0.39, 0.29) is 21.7 Å². The Bertz CT molecular complexity index is 1240. The van der Waals surface area contributed by atoms with Gasteiger partial charge in [0.25, 0.3) is 0 Å². The Morgan fingerprint density at radius 1 is 1.25 bits per heavy atom. The molecule has 28 heavy (non-hydrogen) atoms. The van der Waals surface area contributed by atoms with Crippen LogP contribution in [0.4, 0.5) is 5.82 Å². The molecule has 1 N–H and O–H groups in total. The zero-order valence-electron chi connectivity index (χ0n) is 14.8. The third-order valence-corrected chi connectivity index (χ3v) is 7.33. The third-order valence-electron chi connectivity index (χ3n) is 4.75. The first kappa shape index (κ1) is 17.5. The van der Waals surface area contributed by atoms with Crippen molar-refractivity contribution >= 4 is 42.9 Å². The molecule has 1 fully saturated rings. The first-order valence-corrected chi connectivity index (χ1v) is 11.3. The maximum atomic E-state index is 13.1. The highest BCUT2D eigenvalue weighted by Gasteiger charge is 2.27. The highest BCUT2D eigenvalue weighted by Crippen LogP contribution is 2.31. The van der Waals surface area contributed by atoms with Gasteiger partial charge in [-0.05, 0) is 36.4 Å². The van der Waals surface area contributed by atoms with Gasteiger partial charge in [0, 0.05) is 13.2 Å². The number of fused-ring (bicyclic) bond motifs is 3. The van der Waals surface area contributed by atoms with E-state index >= 15 is 0 Å². The Morgan fingerprint density at radius 3 is 2.89 bits per heavy atom. The second-order valence-corrected chi connectivity index (χ2v) is 9.34. The van der Waals surface area contributed by atoms with Gasteiger partial charge in [0.05, 0.1) is 21.2 Å². The minimum absolute atomic E-state index is 0.142. The molecule has 0 spiro atoms. The number of thiophene rings is 1. The summed E-state index contributed by atoms with van der Waals surface area (Å²) >= 11 is 1.52. The van der Waals surface area contributed by atoms with Gasteiger partial charge in [0.2, 0.25) is 14.9 Å². The topological polar surface area (TPSA) is 98.5 Å². The van der Waals surface area contributed by atoms with E-state index in [1.54, 1.807) is 30.3 Å². The van der Waals surface area contributed by atoms with Crippen molar-refractivity contribution in [3.63, 3.8) is 0 Å². The number of rotatable bonds is 5. The molecule has 0 unspecified atom stereocenters. The van der Waals surface area contributed by atoms with Gasteiger partial charge >= 0.3 is 0 Å². The van der Waals surface area contributed by atoms with Gasteiger partial charge in [0.15, 0.2) is 5.65 Å². The summed E-state index contributed by atoms with van der Waals surface area (Å²) in [5.41, 5.74) is 0.983. The van der Waals surface area contributed by atoms with E-state index in [4.69, 9.17) is 4.74 Å². The maximum absolute atomic E-state index is 13.1. The van der Waals surface area contributed by atoms with E-state index in [1.165, 1.54) is 15.9 Å². The molecule has 1 aliphatic heterocycles. The van der Waals surface area contributed by atoms with Crippen LogP contribution in [0.1, 0.15) is 12.8 Å². The summed E-state index contributed by atoms with van der Waals surface area (Å²) in [4.78, 5) is 4.76. The second-order valence-electron chi connectivity index (χ2n) is 6.56. The molecule has 1 aromatic carbocycles. The molecule has 4 heterocycles. The number of nitrogens with zero attached hydrogens (tertiary/aromatic N) is 4. The third kappa shape index (κ3) is 2.84. The fourth-order valence-electron chi connectivity index (χ4n) is 3.34. The fraction of sp³-hybridized carbons (Fsp3) is 0.278. The summed E-state index contributed by atoms with van der Waals surface area (Å²) in [7, 11) is -3.83. The first-order valence-electron chi connectivity index (χ1n) is 8.93. The molecule has 0 bridgehead atoms. The molecule has 10 heteroatoms. The van der Waals surface area contributed by atoms with Crippen LogP contribution in [0, 0.1) is 0 Å². The zero-order chi connectivity index (χ0) is 19.1. The lowest BCUT2D eigenvalue weighted by atomic mass is 10.2. The summed E-state index contributed by atoms with van der Waals surface area (Å²) < 4.78 is 34.2. The van der Waals surface area contributed by atoms with Crippen molar-refractivity contribution in [1.29, 1.82) is 0 Å². The SMILES string of the molecule is O=S(=O)(c1ccccc1)c1nnn2c1nc(NC[C@H]1CCCO1)c1sccc12. The largest absolute Gasteiger partial charge is 0.376 e. The van der Waals surface area contributed by atoms with Crippen LogP contribution in [-0.2, 0) is 14.6 Å². The molecule has 0 radical (unpaired) electrons. The van der Waals surface area contributed by atoms with E-state index in [0.29, 0.717) is 12.4 Å². The number of nitrogens with one attached hydrogen (secondary N) is 1. The number of hydrogen-bond acceptors (Lipinski definition) is 8. The number of benzene rings is 1. The number of sulfone groups is 1. The standard InChI is InChI=1S/C18H17N5O3S2/c24-28(25,13-6-2-1-3-7-13)18-17-20-16(19-11-12-5-4-9-26-12)15-14(8-10-27-15)23(17)22-21-18/h1-3,6-8,10,12H,4-5,9,11H2,(H,19,20)/t12-/m1/s1. The van der Waals surface area contributed by atoms with Crippen LogP contribution >= 0.6 is 11.3 Å². The first-order chi connectivity index (χ1) is 13.6. The average Bonchev–Trinajstić information content (AvgIpc) is 3.46. The minimum atomic E-state index is -3.83. The van der Waals surface area contributed by atoms with Gasteiger partial charge < -0.3 is 10.1 Å². The maximum Gasteiger partial charge on any atom is 0.229 e. The lowest BCUT2D eigenvalue weighted by Gasteiger charge is -2.12. The highest BCUT2D eigenvalue weighted by atomic mass is 32.2. The van der Waals surface area contributed by atoms with Crippen LogP contribution in [0.5, 0.6) is 0 Å².